The Morgan fingerprint density at radius 2 is 1.91 bits per heavy atom. The highest BCUT2D eigenvalue weighted by Gasteiger charge is 2.27. The van der Waals surface area contributed by atoms with E-state index < -0.39 is 17.7 Å². The fourth-order valence-corrected chi connectivity index (χ4v) is 3.01. The Hall–Kier alpha value is -1.04. The summed E-state index contributed by atoms with van der Waals surface area (Å²) in [5.41, 5.74) is 0.764. The minimum absolute atomic E-state index is 0.0473. The summed E-state index contributed by atoms with van der Waals surface area (Å²) in [5.74, 6) is -0.914. The maximum Gasteiger partial charge on any atom is 0.129 e. The van der Waals surface area contributed by atoms with Crippen LogP contribution in [0.15, 0.2) is 12.1 Å². The molecule has 1 heterocycles. The van der Waals surface area contributed by atoms with Gasteiger partial charge in [-0.05, 0) is 42.9 Å². The van der Waals surface area contributed by atoms with E-state index in [9.17, 15) is 19.0 Å². The Morgan fingerprint density at radius 1 is 1.27 bits per heavy atom. The predicted octanol–water partition coefficient (Wildman–Crippen LogP) is 2.45. The summed E-state index contributed by atoms with van der Waals surface area (Å²) in [6.45, 7) is 4.87. The average Bonchev–Trinajstić information content (AvgIpc) is 2.47. The molecule has 124 valence electrons. The fourth-order valence-electron chi connectivity index (χ4n) is 3.01. The maximum atomic E-state index is 14.1. The van der Waals surface area contributed by atoms with Crippen molar-refractivity contribution >= 4 is 0 Å². The molecule has 1 saturated heterocycles. The molecule has 0 aliphatic carbocycles. The fraction of sp³-hybridized carbons (Fsp3) is 0.647. The van der Waals surface area contributed by atoms with Gasteiger partial charge in [0.15, 0.2) is 0 Å². The molecular weight excluding hydrogens is 288 g/mol. The van der Waals surface area contributed by atoms with Gasteiger partial charge in [0.1, 0.15) is 11.6 Å². The molecule has 1 aromatic carbocycles. The summed E-state index contributed by atoms with van der Waals surface area (Å²) in [4.78, 5) is 2.00. The van der Waals surface area contributed by atoms with Gasteiger partial charge in [-0.15, -0.1) is 0 Å². The van der Waals surface area contributed by atoms with Crippen LogP contribution >= 0.6 is 0 Å². The van der Waals surface area contributed by atoms with Gasteiger partial charge in [-0.3, -0.25) is 4.90 Å². The molecule has 1 fully saturated rings. The van der Waals surface area contributed by atoms with E-state index in [1.54, 1.807) is 0 Å². The van der Waals surface area contributed by atoms with Crippen LogP contribution < -0.4 is 0 Å². The van der Waals surface area contributed by atoms with Crippen LogP contribution in [0.25, 0.3) is 0 Å². The summed E-state index contributed by atoms with van der Waals surface area (Å²) < 4.78 is 28.2. The van der Waals surface area contributed by atoms with Crippen LogP contribution in [0.2, 0.25) is 0 Å². The van der Waals surface area contributed by atoms with Crippen molar-refractivity contribution in [1.29, 1.82) is 0 Å². The Balaban J connectivity index is 2.05. The van der Waals surface area contributed by atoms with Gasteiger partial charge < -0.3 is 10.2 Å². The second-order valence-electron chi connectivity index (χ2n) is 6.42. The van der Waals surface area contributed by atoms with E-state index in [1.165, 1.54) is 12.1 Å². The first-order valence-corrected chi connectivity index (χ1v) is 7.93. The third-order valence-electron chi connectivity index (χ3n) is 4.50. The summed E-state index contributed by atoms with van der Waals surface area (Å²) in [7, 11) is 0. The van der Waals surface area contributed by atoms with E-state index in [-0.39, 0.29) is 30.6 Å². The predicted molar refractivity (Wildman–Crippen MR) is 81.8 cm³/mol. The van der Waals surface area contributed by atoms with Gasteiger partial charge >= 0.3 is 0 Å². The lowest BCUT2D eigenvalue weighted by Crippen LogP contribution is -2.47. The number of nitrogens with zero attached hydrogens (tertiary/aromatic N) is 1. The molecule has 2 atom stereocenters. The molecule has 0 spiro atoms. The lowest BCUT2D eigenvalue weighted by atomic mass is 9.97. The Kier molecular flexibility index (Phi) is 5.89. The number of likely N-dealkylation sites (tertiary alicyclic amines) is 1. The van der Waals surface area contributed by atoms with E-state index in [0.717, 1.165) is 0 Å². The summed E-state index contributed by atoms with van der Waals surface area (Å²) in [6, 6.07) is 2.68. The lowest BCUT2D eigenvalue weighted by molar-refractivity contribution is 0.0175. The van der Waals surface area contributed by atoms with E-state index in [4.69, 9.17) is 0 Å². The molecule has 2 rings (SSSR count). The van der Waals surface area contributed by atoms with E-state index in [2.05, 4.69) is 0 Å². The Bertz CT molecular complexity index is 484. The van der Waals surface area contributed by atoms with Gasteiger partial charge in [-0.2, -0.15) is 0 Å². The quantitative estimate of drug-likeness (QED) is 0.877. The SMILES string of the molecule is CC(C)c1cc(F)c(CCN2CCC(O)CC2CO)c(F)c1. The van der Waals surface area contributed by atoms with Crippen LogP contribution in [-0.4, -0.2) is 47.0 Å². The molecule has 0 aromatic heterocycles. The molecule has 22 heavy (non-hydrogen) atoms. The number of hydrogen-bond donors (Lipinski definition) is 2. The van der Waals surface area contributed by atoms with Crippen LogP contribution in [0.4, 0.5) is 8.78 Å². The molecule has 3 nitrogen and oxygen atoms in total. The normalized spacial score (nSPS) is 23.2. The van der Waals surface area contributed by atoms with Crippen LogP contribution in [0, 0.1) is 11.6 Å². The Labute approximate surface area is 130 Å². The van der Waals surface area contributed by atoms with Crippen molar-refractivity contribution in [1.82, 2.24) is 4.90 Å². The molecular formula is C17H25F2NO2. The van der Waals surface area contributed by atoms with E-state index >= 15 is 0 Å². The standard InChI is InChI=1S/C17H25F2NO2/c1-11(2)12-7-16(18)15(17(19)8-12)4-6-20-5-3-14(22)9-13(20)10-21/h7-8,11,13-14,21-22H,3-6,9-10H2,1-2H3. The molecule has 0 amide bonds. The van der Waals surface area contributed by atoms with Crippen molar-refractivity contribution in [3.05, 3.63) is 34.9 Å². The Morgan fingerprint density at radius 3 is 2.45 bits per heavy atom. The van der Waals surface area contributed by atoms with Crippen molar-refractivity contribution in [2.75, 3.05) is 19.7 Å². The second kappa shape index (κ2) is 7.49. The summed E-state index contributed by atoms with van der Waals surface area (Å²) in [5, 5.41) is 19.0. The van der Waals surface area contributed by atoms with Crippen molar-refractivity contribution in [3.8, 4) is 0 Å². The highest BCUT2D eigenvalue weighted by molar-refractivity contribution is 5.28. The van der Waals surface area contributed by atoms with Gasteiger partial charge in [0, 0.05) is 24.7 Å². The molecule has 5 heteroatoms. The van der Waals surface area contributed by atoms with Gasteiger partial charge in [0.05, 0.1) is 12.7 Å². The molecule has 1 aliphatic rings. The first-order valence-electron chi connectivity index (χ1n) is 7.93. The number of hydrogen-bond acceptors (Lipinski definition) is 3. The molecule has 0 bridgehead atoms. The molecule has 2 unspecified atom stereocenters. The first-order chi connectivity index (χ1) is 10.4. The van der Waals surface area contributed by atoms with Crippen molar-refractivity contribution in [3.63, 3.8) is 0 Å². The summed E-state index contributed by atoms with van der Waals surface area (Å²) >= 11 is 0. The van der Waals surface area contributed by atoms with Crippen LogP contribution in [-0.2, 0) is 6.42 Å². The number of aliphatic hydroxyl groups is 2. The molecule has 1 aromatic rings. The zero-order valence-electron chi connectivity index (χ0n) is 13.2. The molecule has 0 saturated carbocycles. The van der Waals surface area contributed by atoms with Gasteiger partial charge in [-0.25, -0.2) is 8.78 Å². The van der Waals surface area contributed by atoms with E-state index in [0.29, 0.717) is 31.5 Å². The zero-order valence-corrected chi connectivity index (χ0v) is 13.2. The second-order valence-corrected chi connectivity index (χ2v) is 6.42. The molecule has 0 radical (unpaired) electrons. The number of rotatable bonds is 5. The highest BCUT2D eigenvalue weighted by Crippen LogP contribution is 2.23. The summed E-state index contributed by atoms with van der Waals surface area (Å²) in [6.07, 6.45) is 1.01. The molecule has 2 N–H and O–H groups in total. The highest BCUT2D eigenvalue weighted by atomic mass is 19.1. The number of aliphatic hydroxyl groups excluding tert-OH is 2. The smallest absolute Gasteiger partial charge is 0.129 e. The van der Waals surface area contributed by atoms with Gasteiger partial charge in [0.2, 0.25) is 0 Å². The van der Waals surface area contributed by atoms with Crippen LogP contribution in [0.5, 0.6) is 0 Å². The van der Waals surface area contributed by atoms with Crippen LogP contribution in [0.1, 0.15) is 43.7 Å². The third-order valence-corrected chi connectivity index (χ3v) is 4.50. The minimum Gasteiger partial charge on any atom is -0.395 e. The number of halogens is 2. The third kappa shape index (κ3) is 4.03. The molecule has 1 aliphatic heterocycles. The zero-order chi connectivity index (χ0) is 16.3. The maximum absolute atomic E-state index is 14.1. The van der Waals surface area contributed by atoms with Gasteiger partial charge in [-0.1, -0.05) is 13.8 Å². The average molecular weight is 313 g/mol. The van der Waals surface area contributed by atoms with Crippen molar-refractivity contribution in [2.24, 2.45) is 0 Å². The largest absolute Gasteiger partial charge is 0.395 e. The van der Waals surface area contributed by atoms with Gasteiger partial charge in [0.25, 0.3) is 0 Å². The first kappa shape index (κ1) is 17.3. The minimum atomic E-state index is -0.499. The van der Waals surface area contributed by atoms with Crippen molar-refractivity contribution < 1.29 is 19.0 Å². The number of piperidine rings is 1. The topological polar surface area (TPSA) is 43.7 Å². The van der Waals surface area contributed by atoms with Crippen LogP contribution in [0.3, 0.4) is 0 Å². The van der Waals surface area contributed by atoms with E-state index in [1.807, 2.05) is 18.7 Å². The lowest BCUT2D eigenvalue weighted by Gasteiger charge is -2.36. The van der Waals surface area contributed by atoms with Crippen molar-refractivity contribution in [2.45, 2.75) is 51.2 Å². The number of benzene rings is 1. The monoisotopic (exact) mass is 313 g/mol.